The molecule has 2 aliphatic heterocycles. The van der Waals surface area contributed by atoms with Gasteiger partial charge in [-0.2, -0.15) is 0 Å². The van der Waals surface area contributed by atoms with Crippen LogP contribution < -0.4 is 9.47 Å². The first-order chi connectivity index (χ1) is 15.3. The number of aromatic amines is 1. The van der Waals surface area contributed by atoms with Crippen LogP contribution in [0.5, 0.6) is 11.5 Å². The minimum absolute atomic E-state index is 0. The van der Waals surface area contributed by atoms with Gasteiger partial charge in [-0.15, -0.1) is 24.8 Å². The summed E-state index contributed by atoms with van der Waals surface area (Å²) in [6.07, 6.45) is 8.05. The van der Waals surface area contributed by atoms with Crippen molar-refractivity contribution in [1.29, 1.82) is 0 Å². The highest BCUT2D eigenvalue weighted by Gasteiger charge is 2.12. The lowest BCUT2D eigenvalue weighted by Gasteiger charge is -2.26. The van der Waals surface area contributed by atoms with Gasteiger partial charge in [-0.05, 0) is 76.1 Å². The Kier molecular flexibility index (Phi) is 9.99. The molecule has 0 aliphatic carbocycles. The standard InChI is InChI=1S/C26H35N3O2.2ClH/c1-3-11-28(12-4-1)15-17-30-21-7-9-23-24-10-8-22(20-26(24)27-25(23)19-21)31-18-16-29-13-5-2-6-14-29;;/h7-10,19-20,27H,1-6,11-18H2;2*1H. The molecular weight excluding hydrogens is 457 g/mol. The summed E-state index contributed by atoms with van der Waals surface area (Å²) in [6, 6.07) is 12.8. The van der Waals surface area contributed by atoms with Crippen LogP contribution in [0.2, 0.25) is 0 Å². The molecule has 0 unspecified atom stereocenters. The molecule has 1 aromatic heterocycles. The molecule has 0 radical (unpaired) electrons. The summed E-state index contributed by atoms with van der Waals surface area (Å²) >= 11 is 0. The van der Waals surface area contributed by atoms with E-state index in [1.807, 2.05) is 0 Å². The summed E-state index contributed by atoms with van der Waals surface area (Å²) < 4.78 is 12.1. The zero-order chi connectivity index (χ0) is 20.9. The summed E-state index contributed by atoms with van der Waals surface area (Å²) in [6.45, 7) is 8.40. The predicted molar refractivity (Wildman–Crippen MR) is 142 cm³/mol. The molecule has 3 aromatic rings. The van der Waals surface area contributed by atoms with Crippen molar-refractivity contribution in [2.24, 2.45) is 0 Å². The molecule has 7 heteroatoms. The van der Waals surface area contributed by atoms with Crippen LogP contribution in [0.25, 0.3) is 21.8 Å². The van der Waals surface area contributed by atoms with Crippen LogP contribution in [0.4, 0.5) is 0 Å². The van der Waals surface area contributed by atoms with Crippen LogP contribution in [0.1, 0.15) is 38.5 Å². The number of ether oxygens (including phenoxy) is 2. The third-order valence-electron chi connectivity index (χ3n) is 6.79. The van der Waals surface area contributed by atoms with E-state index < -0.39 is 0 Å². The Morgan fingerprint density at radius 3 is 1.45 bits per heavy atom. The Hall–Kier alpha value is -1.66. The molecule has 2 aromatic carbocycles. The fourth-order valence-corrected chi connectivity index (χ4v) is 5.00. The Morgan fingerprint density at radius 2 is 1.03 bits per heavy atom. The normalized spacial score (nSPS) is 17.5. The maximum absolute atomic E-state index is 6.06. The van der Waals surface area contributed by atoms with Crippen molar-refractivity contribution in [3.63, 3.8) is 0 Å². The topological polar surface area (TPSA) is 40.7 Å². The van der Waals surface area contributed by atoms with Gasteiger partial charge in [0.1, 0.15) is 24.7 Å². The van der Waals surface area contributed by atoms with Gasteiger partial charge in [-0.25, -0.2) is 0 Å². The summed E-state index contributed by atoms with van der Waals surface area (Å²) in [5, 5.41) is 2.47. The third-order valence-corrected chi connectivity index (χ3v) is 6.79. The van der Waals surface area contributed by atoms with Gasteiger partial charge in [0.2, 0.25) is 0 Å². The second-order valence-corrected chi connectivity index (χ2v) is 9.04. The average Bonchev–Trinajstić information content (AvgIpc) is 3.17. The van der Waals surface area contributed by atoms with Crippen molar-refractivity contribution < 1.29 is 9.47 Å². The summed E-state index contributed by atoms with van der Waals surface area (Å²) in [5.41, 5.74) is 2.24. The van der Waals surface area contributed by atoms with E-state index in [1.165, 1.54) is 75.5 Å². The average molecular weight is 495 g/mol. The molecule has 0 spiro atoms. The van der Waals surface area contributed by atoms with E-state index >= 15 is 0 Å². The molecule has 0 saturated carbocycles. The molecule has 3 heterocycles. The van der Waals surface area contributed by atoms with Crippen molar-refractivity contribution in [1.82, 2.24) is 14.8 Å². The highest BCUT2D eigenvalue weighted by atomic mass is 35.5. The lowest BCUT2D eigenvalue weighted by Crippen LogP contribution is -2.33. The molecule has 5 nitrogen and oxygen atoms in total. The predicted octanol–water partition coefficient (Wildman–Crippen LogP) is 5.89. The number of benzene rings is 2. The zero-order valence-electron chi connectivity index (χ0n) is 19.4. The largest absolute Gasteiger partial charge is 0.492 e. The molecule has 0 atom stereocenters. The van der Waals surface area contributed by atoms with E-state index in [2.05, 4.69) is 51.2 Å². The number of halogens is 2. The molecule has 1 N–H and O–H groups in total. The first-order valence-electron chi connectivity index (χ1n) is 12.1. The molecule has 2 saturated heterocycles. The molecular formula is C26H37Cl2N3O2. The van der Waals surface area contributed by atoms with E-state index in [0.29, 0.717) is 0 Å². The number of hydrogen-bond acceptors (Lipinski definition) is 4. The van der Waals surface area contributed by atoms with E-state index in [-0.39, 0.29) is 24.8 Å². The Labute approximate surface area is 209 Å². The maximum Gasteiger partial charge on any atom is 0.121 e. The molecule has 0 amide bonds. The Balaban J connectivity index is 0.00000153. The summed E-state index contributed by atoms with van der Waals surface area (Å²) in [4.78, 5) is 8.58. The van der Waals surface area contributed by atoms with E-state index in [0.717, 1.165) is 48.8 Å². The number of nitrogens with zero attached hydrogens (tertiary/aromatic N) is 2. The van der Waals surface area contributed by atoms with Crippen molar-refractivity contribution in [3.8, 4) is 11.5 Å². The SMILES string of the molecule is Cl.Cl.c1cc2c(cc1OCCN1CCCCC1)[nH]c1cc(OCCN3CCCCC3)ccc12. The lowest BCUT2D eigenvalue weighted by molar-refractivity contribution is 0.183. The minimum atomic E-state index is 0. The maximum atomic E-state index is 6.06. The smallest absolute Gasteiger partial charge is 0.121 e. The van der Waals surface area contributed by atoms with Crippen molar-refractivity contribution in [2.45, 2.75) is 38.5 Å². The van der Waals surface area contributed by atoms with Gasteiger partial charge in [0.25, 0.3) is 0 Å². The van der Waals surface area contributed by atoms with Gasteiger partial charge < -0.3 is 14.5 Å². The fourth-order valence-electron chi connectivity index (χ4n) is 5.00. The molecule has 2 aliphatic rings. The van der Waals surface area contributed by atoms with Gasteiger partial charge in [0, 0.05) is 36.0 Å². The first kappa shape index (κ1) is 26.0. The molecule has 2 fully saturated rings. The van der Waals surface area contributed by atoms with Crippen molar-refractivity contribution in [2.75, 3.05) is 52.5 Å². The van der Waals surface area contributed by atoms with Crippen LogP contribution in [-0.4, -0.2) is 67.3 Å². The van der Waals surface area contributed by atoms with Gasteiger partial charge in [-0.1, -0.05) is 12.8 Å². The van der Waals surface area contributed by atoms with Crippen LogP contribution in [0.3, 0.4) is 0 Å². The van der Waals surface area contributed by atoms with Crippen LogP contribution in [0.15, 0.2) is 36.4 Å². The van der Waals surface area contributed by atoms with E-state index in [9.17, 15) is 0 Å². The quantitative estimate of drug-likeness (QED) is 0.424. The highest BCUT2D eigenvalue weighted by Crippen LogP contribution is 2.30. The number of rotatable bonds is 8. The van der Waals surface area contributed by atoms with Gasteiger partial charge in [0.15, 0.2) is 0 Å². The number of piperidine rings is 2. The molecule has 33 heavy (non-hydrogen) atoms. The Bertz CT molecular complexity index is 920. The van der Waals surface area contributed by atoms with E-state index in [1.54, 1.807) is 0 Å². The van der Waals surface area contributed by atoms with Gasteiger partial charge in [-0.3, -0.25) is 9.80 Å². The third kappa shape index (κ3) is 6.69. The second kappa shape index (κ2) is 12.7. The number of aromatic nitrogens is 1. The summed E-state index contributed by atoms with van der Waals surface area (Å²) in [7, 11) is 0. The molecule has 5 rings (SSSR count). The fraction of sp³-hybridized carbons (Fsp3) is 0.538. The number of nitrogens with one attached hydrogen (secondary N) is 1. The lowest BCUT2D eigenvalue weighted by atomic mass is 10.1. The van der Waals surface area contributed by atoms with Gasteiger partial charge in [0.05, 0.1) is 11.0 Å². The zero-order valence-corrected chi connectivity index (χ0v) is 21.0. The molecule has 0 bridgehead atoms. The van der Waals surface area contributed by atoms with Crippen molar-refractivity contribution in [3.05, 3.63) is 36.4 Å². The van der Waals surface area contributed by atoms with Crippen LogP contribution in [-0.2, 0) is 0 Å². The summed E-state index contributed by atoms with van der Waals surface area (Å²) in [5.74, 6) is 1.88. The number of fused-ring (bicyclic) bond motifs is 3. The van der Waals surface area contributed by atoms with Crippen LogP contribution in [0, 0.1) is 0 Å². The number of hydrogen-bond donors (Lipinski definition) is 1. The monoisotopic (exact) mass is 493 g/mol. The Morgan fingerprint density at radius 1 is 0.606 bits per heavy atom. The van der Waals surface area contributed by atoms with Crippen molar-refractivity contribution >= 4 is 46.6 Å². The number of likely N-dealkylation sites (tertiary alicyclic amines) is 2. The minimum Gasteiger partial charge on any atom is -0.492 e. The van der Waals surface area contributed by atoms with E-state index in [4.69, 9.17) is 9.47 Å². The number of H-pyrrole nitrogens is 1. The first-order valence-corrected chi connectivity index (χ1v) is 12.1. The van der Waals surface area contributed by atoms with Crippen LogP contribution >= 0.6 is 24.8 Å². The highest BCUT2D eigenvalue weighted by molar-refractivity contribution is 6.07. The molecule has 182 valence electrons. The second-order valence-electron chi connectivity index (χ2n) is 9.04. The van der Waals surface area contributed by atoms with Gasteiger partial charge >= 0.3 is 0 Å².